The summed E-state index contributed by atoms with van der Waals surface area (Å²) in [4.78, 5) is 8.18. The van der Waals surface area contributed by atoms with E-state index in [4.69, 9.17) is 0 Å². The first-order valence-electron chi connectivity index (χ1n) is 6.12. The highest BCUT2D eigenvalue weighted by molar-refractivity contribution is 5.79. The van der Waals surface area contributed by atoms with Gasteiger partial charge < -0.3 is 15.2 Å². The minimum atomic E-state index is 0.625. The molecule has 0 atom stereocenters. The lowest BCUT2D eigenvalue weighted by molar-refractivity contribution is 0.599. The van der Waals surface area contributed by atoms with Gasteiger partial charge in [-0.25, -0.2) is 4.98 Å². The van der Waals surface area contributed by atoms with Crippen LogP contribution in [0.4, 0.5) is 0 Å². The fourth-order valence-corrected chi connectivity index (χ4v) is 1.41. The molecule has 1 heterocycles. The first kappa shape index (κ1) is 13.5. The lowest BCUT2D eigenvalue weighted by Crippen LogP contribution is -2.39. The van der Waals surface area contributed by atoms with Crippen molar-refractivity contribution >= 4 is 5.96 Å². The summed E-state index contributed by atoms with van der Waals surface area (Å²) in [5, 5.41) is 6.57. The van der Waals surface area contributed by atoms with Gasteiger partial charge in [0, 0.05) is 39.1 Å². The van der Waals surface area contributed by atoms with Gasteiger partial charge in [0.25, 0.3) is 0 Å². The van der Waals surface area contributed by atoms with Crippen molar-refractivity contribution < 1.29 is 0 Å². The van der Waals surface area contributed by atoms with E-state index in [0.717, 1.165) is 32.0 Å². The number of hydrogen-bond acceptors (Lipinski definition) is 2. The van der Waals surface area contributed by atoms with Crippen LogP contribution in [0.2, 0.25) is 0 Å². The molecule has 0 amide bonds. The number of nitrogens with one attached hydrogen (secondary N) is 2. The van der Waals surface area contributed by atoms with Crippen molar-refractivity contribution in [2.45, 2.75) is 26.8 Å². The van der Waals surface area contributed by atoms with E-state index in [2.05, 4.69) is 39.0 Å². The molecule has 0 unspecified atom stereocenters. The van der Waals surface area contributed by atoms with E-state index in [1.165, 1.54) is 0 Å². The SMILES string of the molecule is CN=C(NCCCn1ccnc1)NCC(C)C. The average Bonchev–Trinajstić information content (AvgIpc) is 2.81. The number of aryl methyl sites for hydroxylation is 1. The van der Waals surface area contributed by atoms with Crippen molar-refractivity contribution in [1.29, 1.82) is 0 Å². The van der Waals surface area contributed by atoms with E-state index in [1.807, 2.05) is 12.5 Å². The summed E-state index contributed by atoms with van der Waals surface area (Å²) in [6.45, 7) is 7.20. The van der Waals surface area contributed by atoms with Crippen LogP contribution in [0.15, 0.2) is 23.7 Å². The molecule has 2 N–H and O–H groups in total. The summed E-state index contributed by atoms with van der Waals surface area (Å²) < 4.78 is 2.08. The maximum Gasteiger partial charge on any atom is 0.190 e. The molecule has 5 nitrogen and oxygen atoms in total. The largest absolute Gasteiger partial charge is 0.356 e. The molecular formula is C12H23N5. The number of aromatic nitrogens is 2. The standard InChI is InChI=1S/C12H23N5/c1-11(2)9-16-12(13-3)15-5-4-7-17-8-6-14-10-17/h6,8,10-11H,4-5,7,9H2,1-3H3,(H2,13,15,16). The zero-order valence-electron chi connectivity index (χ0n) is 11.0. The highest BCUT2D eigenvalue weighted by Gasteiger charge is 1.98. The minimum Gasteiger partial charge on any atom is -0.356 e. The van der Waals surface area contributed by atoms with Crippen molar-refractivity contribution in [1.82, 2.24) is 20.2 Å². The second-order valence-corrected chi connectivity index (χ2v) is 4.43. The molecule has 0 aliphatic heterocycles. The molecule has 1 aromatic heterocycles. The molecule has 0 aliphatic carbocycles. The zero-order chi connectivity index (χ0) is 12.5. The number of rotatable bonds is 6. The average molecular weight is 237 g/mol. The van der Waals surface area contributed by atoms with Crippen LogP contribution in [0.5, 0.6) is 0 Å². The number of guanidine groups is 1. The Morgan fingerprint density at radius 3 is 2.82 bits per heavy atom. The van der Waals surface area contributed by atoms with Gasteiger partial charge in [0.1, 0.15) is 0 Å². The highest BCUT2D eigenvalue weighted by atomic mass is 15.2. The third-order valence-electron chi connectivity index (χ3n) is 2.35. The van der Waals surface area contributed by atoms with Gasteiger partial charge in [-0.3, -0.25) is 4.99 Å². The van der Waals surface area contributed by atoms with Gasteiger partial charge in [-0.2, -0.15) is 0 Å². The van der Waals surface area contributed by atoms with Crippen molar-refractivity contribution in [2.75, 3.05) is 20.1 Å². The lowest BCUT2D eigenvalue weighted by atomic mass is 10.2. The number of aliphatic imine (C=N–C) groups is 1. The summed E-state index contributed by atoms with van der Waals surface area (Å²) in [7, 11) is 1.80. The van der Waals surface area contributed by atoms with Gasteiger partial charge in [-0.05, 0) is 12.3 Å². The maximum absolute atomic E-state index is 4.17. The van der Waals surface area contributed by atoms with Crippen LogP contribution in [0.1, 0.15) is 20.3 Å². The summed E-state index contributed by atoms with van der Waals surface area (Å²) in [6, 6.07) is 0. The van der Waals surface area contributed by atoms with Crippen LogP contribution in [0.3, 0.4) is 0 Å². The summed E-state index contributed by atoms with van der Waals surface area (Å²) in [5.74, 6) is 1.50. The van der Waals surface area contributed by atoms with Crippen molar-refractivity contribution in [2.24, 2.45) is 10.9 Å². The Hall–Kier alpha value is -1.52. The second kappa shape index (κ2) is 7.70. The topological polar surface area (TPSA) is 54.2 Å². The van der Waals surface area contributed by atoms with Crippen LogP contribution in [-0.2, 0) is 6.54 Å². The molecule has 0 bridgehead atoms. The van der Waals surface area contributed by atoms with E-state index in [-0.39, 0.29) is 0 Å². The Balaban J connectivity index is 2.11. The summed E-state index contributed by atoms with van der Waals surface area (Å²) >= 11 is 0. The minimum absolute atomic E-state index is 0.625. The third-order valence-corrected chi connectivity index (χ3v) is 2.35. The van der Waals surface area contributed by atoms with Crippen LogP contribution in [0.25, 0.3) is 0 Å². The van der Waals surface area contributed by atoms with Crippen LogP contribution >= 0.6 is 0 Å². The van der Waals surface area contributed by atoms with E-state index in [0.29, 0.717) is 5.92 Å². The Labute approximate surface area is 103 Å². The van der Waals surface area contributed by atoms with Crippen molar-refractivity contribution in [3.63, 3.8) is 0 Å². The highest BCUT2D eigenvalue weighted by Crippen LogP contribution is 1.89. The van der Waals surface area contributed by atoms with Gasteiger partial charge in [0.15, 0.2) is 5.96 Å². The van der Waals surface area contributed by atoms with Crippen LogP contribution < -0.4 is 10.6 Å². The second-order valence-electron chi connectivity index (χ2n) is 4.43. The Bertz CT molecular complexity index is 316. The normalized spacial score (nSPS) is 11.9. The summed E-state index contributed by atoms with van der Waals surface area (Å²) in [5.41, 5.74) is 0. The zero-order valence-corrected chi connectivity index (χ0v) is 11.0. The summed E-state index contributed by atoms with van der Waals surface area (Å²) in [6.07, 6.45) is 6.67. The van der Waals surface area contributed by atoms with E-state index >= 15 is 0 Å². The predicted molar refractivity (Wildman–Crippen MR) is 71.0 cm³/mol. The van der Waals surface area contributed by atoms with Crippen molar-refractivity contribution in [3.05, 3.63) is 18.7 Å². The number of imidazole rings is 1. The molecule has 0 saturated heterocycles. The maximum atomic E-state index is 4.17. The van der Waals surface area contributed by atoms with Gasteiger partial charge in [-0.15, -0.1) is 0 Å². The number of nitrogens with zero attached hydrogens (tertiary/aromatic N) is 3. The fraction of sp³-hybridized carbons (Fsp3) is 0.667. The molecule has 0 aliphatic rings. The predicted octanol–water partition coefficient (Wildman–Crippen LogP) is 1.09. The van der Waals surface area contributed by atoms with E-state index < -0.39 is 0 Å². The molecule has 0 radical (unpaired) electrons. The molecular weight excluding hydrogens is 214 g/mol. The fourth-order valence-electron chi connectivity index (χ4n) is 1.41. The Morgan fingerprint density at radius 2 is 2.24 bits per heavy atom. The first-order chi connectivity index (χ1) is 8.22. The molecule has 0 spiro atoms. The number of hydrogen-bond donors (Lipinski definition) is 2. The molecule has 1 rings (SSSR count). The van der Waals surface area contributed by atoms with Gasteiger partial charge in [0.2, 0.25) is 0 Å². The molecule has 17 heavy (non-hydrogen) atoms. The van der Waals surface area contributed by atoms with Crippen LogP contribution in [-0.4, -0.2) is 35.6 Å². The van der Waals surface area contributed by atoms with Crippen molar-refractivity contribution in [3.8, 4) is 0 Å². The molecule has 0 aromatic carbocycles. The van der Waals surface area contributed by atoms with E-state index in [9.17, 15) is 0 Å². The molecule has 5 heteroatoms. The molecule has 96 valence electrons. The quantitative estimate of drug-likeness (QED) is 0.442. The Kier molecular flexibility index (Phi) is 6.14. The Morgan fingerprint density at radius 1 is 1.41 bits per heavy atom. The van der Waals surface area contributed by atoms with Crippen LogP contribution in [0, 0.1) is 5.92 Å². The van der Waals surface area contributed by atoms with Gasteiger partial charge in [0.05, 0.1) is 6.33 Å². The lowest BCUT2D eigenvalue weighted by Gasteiger charge is -2.13. The van der Waals surface area contributed by atoms with Gasteiger partial charge >= 0.3 is 0 Å². The van der Waals surface area contributed by atoms with Gasteiger partial charge in [-0.1, -0.05) is 13.8 Å². The van der Waals surface area contributed by atoms with E-state index in [1.54, 1.807) is 13.2 Å². The monoisotopic (exact) mass is 237 g/mol. The first-order valence-corrected chi connectivity index (χ1v) is 6.12. The molecule has 1 aromatic rings. The third kappa shape index (κ3) is 5.94. The molecule has 0 saturated carbocycles. The molecule has 0 fully saturated rings. The smallest absolute Gasteiger partial charge is 0.190 e.